The summed E-state index contributed by atoms with van der Waals surface area (Å²) in [7, 11) is 1.45. The van der Waals surface area contributed by atoms with Gasteiger partial charge in [0.1, 0.15) is 17.0 Å². The Hall–Kier alpha value is -3.51. The van der Waals surface area contributed by atoms with E-state index in [0.29, 0.717) is 44.3 Å². The Morgan fingerprint density at radius 3 is 2.56 bits per heavy atom. The molecule has 0 heterocycles. The molecule has 0 aromatic heterocycles. The molecule has 3 aromatic carbocycles. The first kappa shape index (κ1) is 30.9. The van der Waals surface area contributed by atoms with E-state index in [1.54, 1.807) is 42.7 Å². The predicted molar refractivity (Wildman–Crippen MR) is 170 cm³/mol. The van der Waals surface area contributed by atoms with Gasteiger partial charge in [-0.05, 0) is 58.9 Å². The molecule has 1 fully saturated rings. The van der Waals surface area contributed by atoms with E-state index in [9.17, 15) is 14.9 Å². The van der Waals surface area contributed by atoms with Crippen LogP contribution in [0.4, 0.5) is 10.1 Å². The summed E-state index contributed by atoms with van der Waals surface area (Å²) >= 11 is 14.2. The summed E-state index contributed by atoms with van der Waals surface area (Å²) in [5, 5.41) is 14.3. The van der Waals surface area contributed by atoms with Gasteiger partial charge in [-0.25, -0.2) is 4.39 Å². The van der Waals surface area contributed by atoms with Crippen molar-refractivity contribution in [2.75, 3.05) is 18.7 Å². The van der Waals surface area contributed by atoms with Crippen LogP contribution in [-0.4, -0.2) is 25.2 Å². The number of halogens is 3. The number of hydrogen-bond acceptors (Lipinski definition) is 5. The van der Waals surface area contributed by atoms with Crippen molar-refractivity contribution >= 4 is 52.7 Å². The molecule has 10 heteroatoms. The molecule has 43 heavy (non-hydrogen) atoms. The number of nitrogens with one attached hydrogen (secondary N) is 2. The number of rotatable bonds is 5. The molecule has 0 unspecified atom stereocenters. The lowest BCUT2D eigenvalue weighted by Crippen LogP contribution is -2.39. The zero-order chi connectivity index (χ0) is 31.3. The van der Waals surface area contributed by atoms with Crippen molar-refractivity contribution in [2.45, 2.75) is 38.5 Å². The first-order chi connectivity index (χ1) is 20.4. The van der Waals surface area contributed by atoms with Crippen molar-refractivity contribution in [3.8, 4) is 22.9 Å². The van der Waals surface area contributed by atoms with E-state index in [-0.39, 0.29) is 34.2 Å². The van der Waals surface area contributed by atoms with Crippen molar-refractivity contribution in [2.24, 2.45) is 11.3 Å². The number of ether oxygens (including phenoxy) is 1. The Balaban J connectivity index is 1.70. The lowest BCUT2D eigenvalue weighted by molar-refractivity contribution is -0.120. The molecule has 2 aliphatic carbocycles. The van der Waals surface area contributed by atoms with Crippen LogP contribution in [0.25, 0.3) is 11.1 Å². The fraction of sp³-hybridized carbons (Fsp3) is 0.303. The summed E-state index contributed by atoms with van der Waals surface area (Å²) in [6.45, 7) is 5.99. The molecule has 3 atom stereocenters. The Bertz CT molecular complexity index is 1730. The minimum Gasteiger partial charge on any atom is -0.495 e. The molecule has 3 aromatic rings. The van der Waals surface area contributed by atoms with Gasteiger partial charge in [0.25, 0.3) is 5.91 Å². The minimum atomic E-state index is -1.51. The fourth-order valence-electron chi connectivity index (χ4n) is 6.46. The van der Waals surface area contributed by atoms with Crippen LogP contribution in [-0.2, 0) is 10.2 Å². The van der Waals surface area contributed by atoms with Gasteiger partial charge < -0.3 is 10.1 Å². The van der Waals surface area contributed by atoms with Gasteiger partial charge in [-0.15, -0.1) is 0 Å². The Kier molecular flexibility index (Phi) is 8.30. The number of anilines is 1. The zero-order valence-corrected chi connectivity index (χ0v) is 26.6. The third-order valence-corrected chi connectivity index (χ3v) is 8.99. The van der Waals surface area contributed by atoms with E-state index >= 15 is 4.39 Å². The molecule has 0 radical (unpaired) electrons. The molecule has 1 saturated carbocycles. The molecule has 2 amide bonds. The number of hydrogen-bond donors (Lipinski definition) is 2. The molecule has 0 bridgehead atoms. The maximum Gasteiger partial charge on any atom is 0.261 e. The van der Waals surface area contributed by atoms with Gasteiger partial charge in [0, 0.05) is 33.9 Å². The van der Waals surface area contributed by atoms with Crippen LogP contribution in [0.2, 0.25) is 10.0 Å². The Morgan fingerprint density at radius 2 is 1.91 bits per heavy atom. The summed E-state index contributed by atoms with van der Waals surface area (Å²) in [6.07, 6.45) is 3.91. The monoisotopic (exact) mass is 637 g/mol. The number of methoxy groups -OCH3 is 1. The lowest BCUT2D eigenvalue weighted by atomic mass is 9.60. The number of amides is 2. The molecular weight excluding hydrogens is 608 g/mol. The third kappa shape index (κ3) is 5.18. The highest BCUT2D eigenvalue weighted by Gasteiger charge is 2.61. The SMILES string of the molecule is COc1cc(C(=O)NSC)ccc1NC(=O)[C@@H]1C/C(=C\C(C)(C)C)[C@]2(C#N)c3c(ccc(Cl)c3F)-c3c(Cl)cccc3[C@@H]12. The summed E-state index contributed by atoms with van der Waals surface area (Å²) in [4.78, 5) is 26.6. The second-order valence-electron chi connectivity index (χ2n) is 11.8. The largest absolute Gasteiger partial charge is 0.495 e. The molecular formula is C33H30Cl2FN3O3S. The standard InChI is InChI=1S/C33H30Cl2FN3O3S/c1-32(2,3)15-18-14-21(31(41)38-24-12-9-17(13-25(24)42-4)30(40)39-43-5)27-19-7-6-8-22(34)26(19)20-10-11-23(35)29(36)28(20)33(18,27)16-37/h6-13,15,21,27H,14H2,1-5H3,(H,38,41)(H,39,40)/b18-15+/t21-,27+,33+/m1/s1. The lowest BCUT2D eigenvalue weighted by Gasteiger charge is -2.40. The highest BCUT2D eigenvalue weighted by Crippen LogP contribution is 2.65. The number of allylic oxidation sites excluding steroid dienone is 2. The van der Waals surface area contributed by atoms with E-state index in [1.165, 1.54) is 25.1 Å². The quantitative estimate of drug-likeness (QED) is 0.217. The van der Waals surface area contributed by atoms with Crippen LogP contribution < -0.4 is 14.8 Å². The number of benzene rings is 3. The van der Waals surface area contributed by atoms with Crippen molar-refractivity contribution in [1.29, 1.82) is 5.26 Å². The number of nitriles is 1. The molecule has 222 valence electrons. The Labute approximate surface area is 264 Å². The van der Waals surface area contributed by atoms with Gasteiger partial charge in [0.05, 0.1) is 29.8 Å². The molecule has 0 saturated heterocycles. The predicted octanol–water partition coefficient (Wildman–Crippen LogP) is 8.31. The first-order valence-corrected chi connectivity index (χ1v) is 15.6. The smallest absolute Gasteiger partial charge is 0.261 e. The van der Waals surface area contributed by atoms with E-state index in [1.807, 2.05) is 32.9 Å². The maximum atomic E-state index is 16.2. The van der Waals surface area contributed by atoms with Gasteiger partial charge in [-0.3, -0.25) is 14.3 Å². The van der Waals surface area contributed by atoms with Gasteiger partial charge in [0.15, 0.2) is 0 Å². The summed E-state index contributed by atoms with van der Waals surface area (Å²) < 4.78 is 24.4. The molecule has 5 rings (SSSR count). The van der Waals surface area contributed by atoms with Crippen molar-refractivity contribution in [3.05, 3.63) is 92.7 Å². The van der Waals surface area contributed by atoms with E-state index in [0.717, 1.165) is 0 Å². The van der Waals surface area contributed by atoms with Crippen LogP contribution in [0.15, 0.2) is 60.2 Å². The van der Waals surface area contributed by atoms with Crippen molar-refractivity contribution in [3.63, 3.8) is 0 Å². The molecule has 0 aliphatic heterocycles. The van der Waals surface area contributed by atoms with E-state index in [2.05, 4.69) is 16.1 Å². The molecule has 2 N–H and O–H groups in total. The Morgan fingerprint density at radius 1 is 1.16 bits per heavy atom. The topological polar surface area (TPSA) is 91.2 Å². The molecule has 6 nitrogen and oxygen atoms in total. The van der Waals surface area contributed by atoms with Gasteiger partial charge in [-0.1, -0.05) is 80.2 Å². The van der Waals surface area contributed by atoms with Crippen LogP contribution in [0, 0.1) is 28.5 Å². The summed E-state index contributed by atoms with van der Waals surface area (Å²) in [5.41, 5.74) is 1.39. The number of carbonyl (C=O) groups is 2. The average molecular weight is 639 g/mol. The van der Waals surface area contributed by atoms with Gasteiger partial charge in [-0.2, -0.15) is 5.26 Å². The van der Waals surface area contributed by atoms with Gasteiger partial charge in [0.2, 0.25) is 5.91 Å². The normalized spacial score (nSPS) is 21.3. The molecule has 0 spiro atoms. The second kappa shape index (κ2) is 11.5. The third-order valence-electron chi connectivity index (χ3n) is 7.99. The maximum absolute atomic E-state index is 16.2. The highest BCUT2D eigenvalue weighted by molar-refractivity contribution is 7.97. The van der Waals surface area contributed by atoms with E-state index in [4.69, 9.17) is 27.9 Å². The van der Waals surface area contributed by atoms with Crippen LogP contribution in [0.5, 0.6) is 5.75 Å². The van der Waals surface area contributed by atoms with Crippen LogP contribution in [0.1, 0.15) is 54.6 Å². The minimum absolute atomic E-state index is 0.110. The number of nitrogens with zero attached hydrogens (tertiary/aromatic N) is 1. The van der Waals surface area contributed by atoms with Gasteiger partial charge >= 0.3 is 0 Å². The first-order valence-electron chi connectivity index (χ1n) is 13.6. The van der Waals surface area contributed by atoms with Crippen molar-refractivity contribution in [1.82, 2.24) is 4.72 Å². The highest BCUT2D eigenvalue weighted by atomic mass is 35.5. The second-order valence-corrected chi connectivity index (χ2v) is 13.2. The van der Waals surface area contributed by atoms with Crippen LogP contribution >= 0.6 is 35.1 Å². The number of fused-ring (bicyclic) bond motifs is 6. The average Bonchev–Trinajstić information content (AvgIpc) is 3.28. The van der Waals surface area contributed by atoms with Crippen molar-refractivity contribution < 1.29 is 18.7 Å². The van der Waals surface area contributed by atoms with Crippen LogP contribution in [0.3, 0.4) is 0 Å². The molecule has 2 aliphatic rings. The fourth-order valence-corrected chi connectivity index (χ4v) is 7.21. The van der Waals surface area contributed by atoms with E-state index < -0.39 is 23.1 Å². The summed E-state index contributed by atoms with van der Waals surface area (Å²) in [5.74, 6) is -2.62. The summed E-state index contributed by atoms with van der Waals surface area (Å²) in [6, 6.07) is 15.7. The zero-order valence-electron chi connectivity index (χ0n) is 24.3. The number of carbonyl (C=O) groups excluding carboxylic acids is 2.